The highest BCUT2D eigenvalue weighted by Gasteiger charge is 2.22. The highest BCUT2D eigenvalue weighted by molar-refractivity contribution is 5.95. The minimum absolute atomic E-state index is 0.254. The number of likely N-dealkylation sites (tertiary alicyclic amines) is 1. The van der Waals surface area contributed by atoms with Crippen LogP contribution in [0.5, 0.6) is 0 Å². The van der Waals surface area contributed by atoms with Crippen molar-refractivity contribution in [3.63, 3.8) is 0 Å². The molecule has 5 nitrogen and oxygen atoms in total. The average molecular weight is 339 g/mol. The van der Waals surface area contributed by atoms with Crippen LogP contribution in [0.4, 0.5) is 0 Å². The van der Waals surface area contributed by atoms with Gasteiger partial charge in [-0.2, -0.15) is 0 Å². The molecule has 1 aromatic heterocycles. The molecule has 0 radical (unpaired) electrons. The minimum atomic E-state index is -0.947. The summed E-state index contributed by atoms with van der Waals surface area (Å²) in [6.45, 7) is 6.79. The second-order valence-electron chi connectivity index (χ2n) is 7.04. The number of aromatic carboxylic acids is 1. The van der Waals surface area contributed by atoms with Crippen LogP contribution in [0.2, 0.25) is 0 Å². The molecule has 1 aliphatic heterocycles. The van der Waals surface area contributed by atoms with Crippen molar-refractivity contribution in [2.24, 2.45) is 5.92 Å². The largest absolute Gasteiger partial charge is 0.478 e. The minimum Gasteiger partial charge on any atom is -0.478 e. The molecule has 1 saturated heterocycles. The van der Waals surface area contributed by atoms with Crippen LogP contribution in [0.15, 0.2) is 36.7 Å². The molecule has 2 heterocycles. The van der Waals surface area contributed by atoms with E-state index in [1.165, 1.54) is 19.4 Å². The van der Waals surface area contributed by atoms with Crippen LogP contribution in [-0.4, -0.2) is 45.1 Å². The first-order valence-electron chi connectivity index (χ1n) is 8.92. The van der Waals surface area contributed by atoms with Crippen LogP contribution < -0.4 is 0 Å². The summed E-state index contributed by atoms with van der Waals surface area (Å²) in [6.07, 6.45) is 6.88. The van der Waals surface area contributed by atoms with Gasteiger partial charge < -0.3 is 10.0 Å². The Morgan fingerprint density at radius 3 is 2.76 bits per heavy atom. The van der Waals surface area contributed by atoms with Crippen molar-refractivity contribution in [3.05, 3.63) is 47.9 Å². The molecule has 1 fully saturated rings. The van der Waals surface area contributed by atoms with Gasteiger partial charge in [0, 0.05) is 24.3 Å². The molecule has 5 heteroatoms. The number of benzene rings is 1. The molecule has 1 N–H and O–H groups in total. The summed E-state index contributed by atoms with van der Waals surface area (Å²) in [7, 11) is 0. The Kier molecular flexibility index (Phi) is 5.43. The molecule has 25 heavy (non-hydrogen) atoms. The summed E-state index contributed by atoms with van der Waals surface area (Å²) in [4.78, 5) is 22.9. The molecule has 132 valence electrons. The maximum absolute atomic E-state index is 11.4. The van der Waals surface area contributed by atoms with E-state index in [0.717, 1.165) is 18.7 Å². The molecule has 0 amide bonds. The van der Waals surface area contributed by atoms with E-state index in [1.807, 2.05) is 6.07 Å². The van der Waals surface area contributed by atoms with Gasteiger partial charge in [0.1, 0.15) is 0 Å². The first-order valence-corrected chi connectivity index (χ1v) is 8.92. The summed E-state index contributed by atoms with van der Waals surface area (Å²) in [5.41, 5.74) is 2.45. The van der Waals surface area contributed by atoms with Crippen molar-refractivity contribution in [1.29, 1.82) is 0 Å². The van der Waals surface area contributed by atoms with Crippen molar-refractivity contribution >= 4 is 5.97 Å². The third-order valence-electron chi connectivity index (χ3n) is 4.92. The Morgan fingerprint density at radius 1 is 1.28 bits per heavy atom. The predicted octanol–water partition coefficient (Wildman–Crippen LogP) is 3.50. The number of carboxylic acid groups (broad SMARTS) is 1. The lowest BCUT2D eigenvalue weighted by Crippen LogP contribution is -2.40. The Labute approximate surface area is 148 Å². The first kappa shape index (κ1) is 17.5. The van der Waals surface area contributed by atoms with Gasteiger partial charge in [-0.3, -0.25) is 9.97 Å². The Balaban J connectivity index is 1.72. The van der Waals surface area contributed by atoms with Crippen molar-refractivity contribution < 1.29 is 9.90 Å². The second-order valence-corrected chi connectivity index (χ2v) is 7.04. The van der Waals surface area contributed by atoms with Crippen molar-refractivity contribution in [2.75, 3.05) is 13.1 Å². The number of piperidine rings is 1. The number of hydrogen-bond acceptors (Lipinski definition) is 4. The van der Waals surface area contributed by atoms with Gasteiger partial charge in [0.05, 0.1) is 23.1 Å². The molecular formula is C20H25N3O2. The smallest absolute Gasteiger partial charge is 0.336 e. The van der Waals surface area contributed by atoms with Crippen LogP contribution in [0, 0.1) is 5.92 Å². The van der Waals surface area contributed by atoms with Gasteiger partial charge in [-0.05, 0) is 51.6 Å². The van der Waals surface area contributed by atoms with Crippen molar-refractivity contribution in [3.8, 4) is 11.3 Å². The van der Waals surface area contributed by atoms with Crippen LogP contribution in [-0.2, 0) is 6.42 Å². The number of aromatic nitrogens is 2. The topological polar surface area (TPSA) is 66.3 Å². The van der Waals surface area contributed by atoms with Crippen LogP contribution in [0.25, 0.3) is 11.3 Å². The van der Waals surface area contributed by atoms with E-state index in [2.05, 4.69) is 28.7 Å². The van der Waals surface area contributed by atoms with Gasteiger partial charge in [0.2, 0.25) is 0 Å². The third kappa shape index (κ3) is 4.23. The summed E-state index contributed by atoms with van der Waals surface area (Å²) >= 11 is 0. The van der Waals surface area contributed by atoms with E-state index in [1.54, 1.807) is 30.6 Å². The van der Waals surface area contributed by atoms with Gasteiger partial charge in [-0.25, -0.2) is 4.79 Å². The highest BCUT2D eigenvalue weighted by Crippen LogP contribution is 2.24. The Morgan fingerprint density at radius 2 is 2.08 bits per heavy atom. The van der Waals surface area contributed by atoms with Gasteiger partial charge in [-0.15, -0.1) is 0 Å². The van der Waals surface area contributed by atoms with Crippen molar-refractivity contribution in [2.45, 2.75) is 39.2 Å². The van der Waals surface area contributed by atoms with Gasteiger partial charge in [-0.1, -0.05) is 18.2 Å². The molecule has 0 aliphatic carbocycles. The zero-order valence-electron chi connectivity index (χ0n) is 14.9. The quantitative estimate of drug-likeness (QED) is 0.903. The van der Waals surface area contributed by atoms with E-state index in [-0.39, 0.29) is 5.56 Å². The first-order chi connectivity index (χ1) is 12.0. The van der Waals surface area contributed by atoms with E-state index in [0.29, 0.717) is 23.2 Å². The lowest BCUT2D eigenvalue weighted by Gasteiger charge is -2.35. The number of carboxylic acids is 1. The predicted molar refractivity (Wildman–Crippen MR) is 97.6 cm³/mol. The number of carbonyl (C=O) groups is 1. The van der Waals surface area contributed by atoms with E-state index in [9.17, 15) is 9.90 Å². The maximum atomic E-state index is 11.4. The van der Waals surface area contributed by atoms with Crippen LogP contribution in [0.1, 0.15) is 42.7 Å². The van der Waals surface area contributed by atoms with E-state index < -0.39 is 5.97 Å². The maximum Gasteiger partial charge on any atom is 0.336 e. The summed E-state index contributed by atoms with van der Waals surface area (Å²) < 4.78 is 0. The SMILES string of the molecule is CC(C)N1CCC[C@H](Cc2cnc(-c3ccccc3C(=O)O)cn2)C1. The van der Waals surface area contributed by atoms with Crippen molar-refractivity contribution in [1.82, 2.24) is 14.9 Å². The van der Waals surface area contributed by atoms with Crippen LogP contribution in [0.3, 0.4) is 0 Å². The molecule has 1 atom stereocenters. The molecule has 1 aromatic carbocycles. The molecule has 3 rings (SSSR count). The molecule has 1 aliphatic rings. The summed E-state index contributed by atoms with van der Waals surface area (Å²) in [5.74, 6) is -0.333. The standard InChI is InChI=1S/C20H25N3O2/c1-14(2)23-9-5-6-15(13-23)10-16-11-22-19(12-21-16)17-7-3-4-8-18(17)20(24)25/h3-4,7-8,11-12,14-15H,5-6,9-10,13H2,1-2H3,(H,24,25)/t15-/m1/s1. The molecular weight excluding hydrogens is 314 g/mol. The number of hydrogen-bond donors (Lipinski definition) is 1. The third-order valence-corrected chi connectivity index (χ3v) is 4.92. The van der Waals surface area contributed by atoms with Gasteiger partial charge in [0.15, 0.2) is 0 Å². The van der Waals surface area contributed by atoms with Gasteiger partial charge >= 0.3 is 5.97 Å². The van der Waals surface area contributed by atoms with Crippen LogP contribution >= 0.6 is 0 Å². The molecule has 2 aromatic rings. The zero-order chi connectivity index (χ0) is 17.8. The molecule has 0 spiro atoms. The number of nitrogens with zero attached hydrogens (tertiary/aromatic N) is 3. The fourth-order valence-electron chi connectivity index (χ4n) is 3.52. The molecule has 0 saturated carbocycles. The number of rotatable bonds is 5. The van der Waals surface area contributed by atoms with E-state index in [4.69, 9.17) is 0 Å². The summed E-state index contributed by atoms with van der Waals surface area (Å²) in [5, 5.41) is 9.31. The molecule has 0 bridgehead atoms. The lowest BCUT2D eigenvalue weighted by molar-refractivity contribution is 0.0697. The Bertz CT molecular complexity index is 728. The zero-order valence-corrected chi connectivity index (χ0v) is 14.9. The Hall–Kier alpha value is -2.27. The average Bonchev–Trinajstić information content (AvgIpc) is 2.62. The normalized spacial score (nSPS) is 18.4. The second kappa shape index (κ2) is 7.74. The monoisotopic (exact) mass is 339 g/mol. The summed E-state index contributed by atoms with van der Waals surface area (Å²) in [6, 6.07) is 7.49. The van der Waals surface area contributed by atoms with Gasteiger partial charge in [0.25, 0.3) is 0 Å². The molecule has 0 unspecified atom stereocenters. The fraction of sp³-hybridized carbons (Fsp3) is 0.450. The highest BCUT2D eigenvalue weighted by atomic mass is 16.4. The fourth-order valence-corrected chi connectivity index (χ4v) is 3.52. The van der Waals surface area contributed by atoms with E-state index >= 15 is 0 Å². The lowest BCUT2D eigenvalue weighted by atomic mass is 9.93.